The Hall–Kier alpha value is -2.79. The molecule has 1 aliphatic rings. The molecule has 0 saturated carbocycles. The van der Waals surface area contributed by atoms with E-state index in [1.54, 1.807) is 36.4 Å². The number of ketones is 1. The number of hydrogen-bond acceptors (Lipinski definition) is 5. The first-order chi connectivity index (χ1) is 8.24. The number of fused-ring (bicyclic) bond motifs is 1. The van der Waals surface area contributed by atoms with Crippen molar-refractivity contribution in [2.45, 2.75) is 6.04 Å². The van der Waals surface area contributed by atoms with E-state index >= 15 is 0 Å². The predicted octanol–water partition coefficient (Wildman–Crippen LogP) is 1.82. The summed E-state index contributed by atoms with van der Waals surface area (Å²) in [6.07, 6.45) is 0. The predicted molar refractivity (Wildman–Crippen MR) is 58.5 cm³/mol. The number of allylic oxidation sites excluding steroid dienone is 1. The highest BCUT2D eigenvalue weighted by Gasteiger charge is 2.38. The van der Waals surface area contributed by atoms with E-state index in [4.69, 9.17) is 10.5 Å². The van der Waals surface area contributed by atoms with Crippen molar-refractivity contribution in [1.29, 1.82) is 10.5 Å². The summed E-state index contributed by atoms with van der Waals surface area (Å²) >= 11 is 0. The number of nitriles is 2. The molecule has 5 nitrogen and oxygen atoms in total. The molecule has 0 amide bonds. The second-order valence-electron chi connectivity index (χ2n) is 3.43. The van der Waals surface area contributed by atoms with Gasteiger partial charge in [0.05, 0.1) is 0 Å². The molecular formula is C12H5N3O2. The van der Waals surface area contributed by atoms with E-state index in [9.17, 15) is 9.70 Å². The number of carbonyl (C=O) groups excluding carboxylic acids is 1. The fourth-order valence-electron chi connectivity index (χ4n) is 1.88. The van der Waals surface area contributed by atoms with E-state index < -0.39 is 11.8 Å². The Morgan fingerprint density at radius 3 is 2.29 bits per heavy atom. The molecule has 0 spiro atoms. The quantitative estimate of drug-likeness (QED) is 0.536. The number of Topliss-reactive ketones (excluding diaryl/α,β-unsaturated/α-hetero) is 1. The Morgan fingerprint density at radius 2 is 1.76 bits per heavy atom. The van der Waals surface area contributed by atoms with Crippen molar-refractivity contribution in [1.82, 2.24) is 0 Å². The molecule has 0 bridgehead atoms. The minimum atomic E-state index is -1.28. The van der Waals surface area contributed by atoms with E-state index in [0.717, 1.165) is 0 Å². The van der Waals surface area contributed by atoms with E-state index in [1.165, 1.54) is 0 Å². The zero-order valence-corrected chi connectivity index (χ0v) is 8.54. The van der Waals surface area contributed by atoms with Crippen LogP contribution < -0.4 is 0 Å². The number of benzene rings is 1. The maximum Gasteiger partial charge on any atom is 0.196 e. The van der Waals surface area contributed by atoms with Gasteiger partial charge in [-0.25, -0.2) is 0 Å². The van der Waals surface area contributed by atoms with Crippen LogP contribution in [0, 0.1) is 27.6 Å². The minimum Gasteiger partial charge on any atom is -0.291 e. The summed E-state index contributed by atoms with van der Waals surface area (Å²) in [5.41, 5.74) is 0.647. The van der Waals surface area contributed by atoms with E-state index in [-0.39, 0.29) is 11.1 Å². The van der Waals surface area contributed by atoms with Gasteiger partial charge in [0, 0.05) is 11.1 Å². The maximum atomic E-state index is 11.8. The molecule has 1 unspecified atom stereocenters. The number of rotatable bonds is 1. The van der Waals surface area contributed by atoms with Crippen LogP contribution in [0.5, 0.6) is 0 Å². The maximum absolute atomic E-state index is 11.8. The van der Waals surface area contributed by atoms with Gasteiger partial charge in [0.15, 0.2) is 11.8 Å². The topological polar surface area (TPSA) is 94.1 Å². The normalized spacial score (nSPS) is 16.9. The summed E-state index contributed by atoms with van der Waals surface area (Å²) < 4.78 is 0. The van der Waals surface area contributed by atoms with Gasteiger partial charge in [0.1, 0.15) is 17.7 Å². The van der Waals surface area contributed by atoms with Gasteiger partial charge in [-0.3, -0.25) is 4.79 Å². The lowest BCUT2D eigenvalue weighted by Gasteiger charge is -2.01. The molecule has 0 radical (unpaired) electrons. The fraction of sp³-hybridized carbons (Fsp3) is 0.0833. The average Bonchev–Trinajstić information content (AvgIpc) is 2.65. The van der Waals surface area contributed by atoms with E-state index in [1.807, 2.05) is 0 Å². The van der Waals surface area contributed by atoms with Gasteiger partial charge < -0.3 is 0 Å². The van der Waals surface area contributed by atoms with Gasteiger partial charge in [-0.15, -0.1) is 4.91 Å². The Balaban J connectivity index is 2.81. The van der Waals surface area contributed by atoms with Crippen molar-refractivity contribution < 1.29 is 4.79 Å². The third kappa shape index (κ3) is 1.42. The molecular weight excluding hydrogens is 218 g/mol. The van der Waals surface area contributed by atoms with Crippen LogP contribution in [-0.4, -0.2) is 11.8 Å². The Morgan fingerprint density at radius 1 is 1.18 bits per heavy atom. The molecule has 2 rings (SSSR count). The standard InChI is InChI=1S/C12H5N3O2/c13-5-7(6-14)10-8-3-1-2-4-9(8)12(16)11(10)15-17/h1-4,11H. The molecule has 1 aromatic carbocycles. The summed E-state index contributed by atoms with van der Waals surface area (Å²) in [5, 5.41) is 20.4. The number of carbonyl (C=O) groups is 1. The lowest BCUT2D eigenvalue weighted by molar-refractivity contribution is 0.0988. The Bertz CT molecular complexity index is 616. The van der Waals surface area contributed by atoms with E-state index in [2.05, 4.69) is 5.18 Å². The zero-order valence-electron chi connectivity index (χ0n) is 8.54. The van der Waals surface area contributed by atoms with Crippen LogP contribution in [0.25, 0.3) is 5.57 Å². The SMILES string of the molecule is N#CC(C#N)=C1c2ccccc2C(=O)C1N=O. The van der Waals surface area contributed by atoms with Gasteiger partial charge in [-0.05, 0) is 5.56 Å². The van der Waals surface area contributed by atoms with Crippen LogP contribution in [0.15, 0.2) is 35.0 Å². The van der Waals surface area contributed by atoms with Gasteiger partial charge in [0.25, 0.3) is 0 Å². The monoisotopic (exact) mass is 223 g/mol. The summed E-state index contributed by atoms with van der Waals surface area (Å²) in [6, 6.07) is 8.57. The Kier molecular flexibility index (Phi) is 2.52. The molecule has 1 aromatic rings. The molecule has 1 aliphatic carbocycles. The molecule has 17 heavy (non-hydrogen) atoms. The van der Waals surface area contributed by atoms with Gasteiger partial charge in [-0.1, -0.05) is 29.4 Å². The highest BCUT2D eigenvalue weighted by molar-refractivity contribution is 6.18. The number of nitrogens with zero attached hydrogens (tertiary/aromatic N) is 3. The third-order valence-electron chi connectivity index (χ3n) is 2.60. The van der Waals surface area contributed by atoms with Crippen molar-refractivity contribution in [3.8, 4) is 12.1 Å². The molecule has 5 heteroatoms. The van der Waals surface area contributed by atoms with Crippen LogP contribution in [0.1, 0.15) is 15.9 Å². The second-order valence-corrected chi connectivity index (χ2v) is 3.43. The molecule has 0 aromatic heterocycles. The van der Waals surface area contributed by atoms with Crippen molar-refractivity contribution >= 4 is 11.4 Å². The minimum absolute atomic E-state index is 0.116. The van der Waals surface area contributed by atoms with Crippen LogP contribution in [0.4, 0.5) is 0 Å². The molecule has 0 saturated heterocycles. The zero-order chi connectivity index (χ0) is 12.4. The van der Waals surface area contributed by atoms with Crippen LogP contribution in [0.3, 0.4) is 0 Å². The van der Waals surface area contributed by atoms with Crippen LogP contribution in [-0.2, 0) is 0 Å². The van der Waals surface area contributed by atoms with Crippen molar-refractivity contribution in [2.75, 3.05) is 0 Å². The lowest BCUT2D eigenvalue weighted by atomic mass is 10.0. The molecule has 0 N–H and O–H groups in total. The average molecular weight is 223 g/mol. The smallest absolute Gasteiger partial charge is 0.196 e. The molecule has 80 valence electrons. The highest BCUT2D eigenvalue weighted by Crippen LogP contribution is 2.36. The highest BCUT2D eigenvalue weighted by atomic mass is 16.3. The summed E-state index contributed by atoms with van der Waals surface area (Å²) in [6.45, 7) is 0. The Labute approximate surface area is 96.6 Å². The van der Waals surface area contributed by atoms with E-state index in [0.29, 0.717) is 11.1 Å². The first-order valence-corrected chi connectivity index (χ1v) is 4.75. The third-order valence-corrected chi connectivity index (χ3v) is 2.60. The number of nitroso groups, excluding NO2 is 1. The lowest BCUT2D eigenvalue weighted by Crippen LogP contribution is -2.12. The number of hydrogen-bond donors (Lipinski definition) is 0. The largest absolute Gasteiger partial charge is 0.291 e. The van der Waals surface area contributed by atoms with Crippen LogP contribution in [0.2, 0.25) is 0 Å². The summed E-state index contributed by atoms with van der Waals surface area (Å²) in [7, 11) is 0. The van der Waals surface area contributed by atoms with Crippen LogP contribution >= 0.6 is 0 Å². The van der Waals surface area contributed by atoms with Gasteiger partial charge in [-0.2, -0.15) is 10.5 Å². The molecule has 0 fully saturated rings. The summed E-state index contributed by atoms with van der Waals surface area (Å²) in [5.74, 6) is -0.464. The molecule has 0 heterocycles. The van der Waals surface area contributed by atoms with Crippen molar-refractivity contribution in [3.05, 3.63) is 45.9 Å². The first kappa shape index (κ1) is 10.7. The van der Waals surface area contributed by atoms with Gasteiger partial charge in [0.2, 0.25) is 0 Å². The first-order valence-electron chi connectivity index (χ1n) is 4.75. The van der Waals surface area contributed by atoms with Gasteiger partial charge >= 0.3 is 0 Å². The fourth-order valence-corrected chi connectivity index (χ4v) is 1.88. The van der Waals surface area contributed by atoms with Crippen molar-refractivity contribution in [3.63, 3.8) is 0 Å². The molecule has 0 aliphatic heterocycles. The van der Waals surface area contributed by atoms with Crippen molar-refractivity contribution in [2.24, 2.45) is 5.18 Å². The summed E-state index contributed by atoms with van der Waals surface area (Å²) in [4.78, 5) is 22.5. The second kappa shape index (κ2) is 3.99. The molecule has 1 atom stereocenters.